The number of carbonyl (C=O) groups is 2. The van der Waals surface area contributed by atoms with Gasteiger partial charge in [0.2, 0.25) is 5.91 Å². The molecule has 5 nitrogen and oxygen atoms in total. The van der Waals surface area contributed by atoms with Gasteiger partial charge in [-0.3, -0.25) is 14.5 Å². The zero-order valence-corrected chi connectivity index (χ0v) is 8.34. The molecule has 0 saturated carbocycles. The highest BCUT2D eigenvalue weighted by molar-refractivity contribution is 6.14. The third kappa shape index (κ3) is 1.29. The molecule has 0 N–H and O–H groups in total. The molecule has 1 amide bonds. The summed E-state index contributed by atoms with van der Waals surface area (Å²) in [4.78, 5) is 28.0. The van der Waals surface area contributed by atoms with Gasteiger partial charge in [-0.2, -0.15) is 4.98 Å². The number of rotatable bonds is 1. The second-order valence-corrected chi connectivity index (χ2v) is 3.66. The molecule has 1 aliphatic heterocycles. The highest BCUT2D eigenvalue weighted by Crippen LogP contribution is 2.24. The summed E-state index contributed by atoms with van der Waals surface area (Å²) in [5, 5.41) is 0. The van der Waals surface area contributed by atoms with Crippen molar-refractivity contribution in [3.63, 3.8) is 0 Å². The van der Waals surface area contributed by atoms with Gasteiger partial charge in [0.25, 0.3) is 0 Å². The van der Waals surface area contributed by atoms with Gasteiger partial charge in [0.15, 0.2) is 11.4 Å². The minimum Gasteiger partial charge on any atom is -0.423 e. The zero-order valence-electron chi connectivity index (χ0n) is 8.34. The van der Waals surface area contributed by atoms with Crippen LogP contribution < -0.4 is 4.90 Å². The molecule has 3 rings (SSSR count). The number of Topliss-reactive ketones (excluding diaryl/α,β-unsaturated/α-hetero) is 1. The van der Waals surface area contributed by atoms with Crippen molar-refractivity contribution in [2.75, 3.05) is 11.4 Å². The van der Waals surface area contributed by atoms with Gasteiger partial charge in [0.1, 0.15) is 5.52 Å². The second kappa shape index (κ2) is 3.16. The summed E-state index contributed by atoms with van der Waals surface area (Å²) in [5.74, 6) is -0.358. The maximum absolute atomic E-state index is 11.5. The van der Waals surface area contributed by atoms with Gasteiger partial charge in [-0.15, -0.1) is 0 Å². The predicted molar refractivity (Wildman–Crippen MR) is 56.0 cm³/mol. The molecule has 1 fully saturated rings. The largest absolute Gasteiger partial charge is 0.423 e. The number of carbonyl (C=O) groups excluding carboxylic acids is 2. The fourth-order valence-corrected chi connectivity index (χ4v) is 1.73. The zero-order chi connectivity index (χ0) is 11.1. The van der Waals surface area contributed by atoms with Crippen LogP contribution in [0.3, 0.4) is 0 Å². The molecular weight excluding hydrogens is 208 g/mol. The Hall–Kier alpha value is -2.17. The Balaban J connectivity index is 2.06. The van der Waals surface area contributed by atoms with E-state index in [0.29, 0.717) is 11.1 Å². The smallest absolute Gasteiger partial charge is 0.305 e. The molecule has 2 aromatic rings. The third-order valence-electron chi connectivity index (χ3n) is 2.50. The Kier molecular flexibility index (Phi) is 1.80. The van der Waals surface area contributed by atoms with E-state index in [9.17, 15) is 9.59 Å². The summed E-state index contributed by atoms with van der Waals surface area (Å²) in [6.45, 7) is 0.0612. The molecule has 2 heterocycles. The molecule has 1 aromatic heterocycles. The number of aromatic nitrogens is 1. The fourth-order valence-electron chi connectivity index (χ4n) is 1.73. The van der Waals surface area contributed by atoms with E-state index in [0.717, 1.165) is 0 Å². The molecule has 16 heavy (non-hydrogen) atoms. The van der Waals surface area contributed by atoms with Crippen LogP contribution in [-0.4, -0.2) is 23.2 Å². The van der Waals surface area contributed by atoms with E-state index >= 15 is 0 Å². The summed E-state index contributed by atoms with van der Waals surface area (Å²) in [6, 6.07) is 7.44. The van der Waals surface area contributed by atoms with E-state index in [1.165, 1.54) is 4.90 Å². The van der Waals surface area contributed by atoms with Crippen molar-refractivity contribution in [3.05, 3.63) is 24.3 Å². The standard InChI is InChI=1S/C11H8N2O3/c14-7-5-10(15)13(6-7)11-12-8-3-1-2-4-9(8)16-11/h1-4H,5-6H2. The Morgan fingerprint density at radius 2 is 2.06 bits per heavy atom. The molecule has 1 saturated heterocycles. The molecule has 0 radical (unpaired) electrons. The lowest BCUT2D eigenvalue weighted by atomic mass is 10.3. The predicted octanol–water partition coefficient (Wildman–Crippen LogP) is 1.13. The monoisotopic (exact) mass is 216 g/mol. The number of benzene rings is 1. The van der Waals surface area contributed by atoms with Crippen molar-refractivity contribution in [2.24, 2.45) is 0 Å². The van der Waals surface area contributed by atoms with Crippen molar-refractivity contribution >= 4 is 28.8 Å². The molecule has 0 aliphatic carbocycles. The van der Waals surface area contributed by atoms with Crippen LogP contribution in [0.2, 0.25) is 0 Å². The Labute approximate surface area is 90.7 Å². The first kappa shape index (κ1) is 9.08. The van der Waals surface area contributed by atoms with E-state index in [-0.39, 0.29) is 30.7 Å². The molecule has 0 spiro atoms. The molecule has 80 valence electrons. The Bertz CT molecular complexity index is 555. The van der Waals surface area contributed by atoms with Crippen molar-refractivity contribution in [1.29, 1.82) is 0 Å². The number of oxazole rings is 1. The minimum atomic E-state index is -0.253. The quantitative estimate of drug-likeness (QED) is 0.670. The molecule has 0 atom stereocenters. The molecule has 1 aliphatic rings. The van der Waals surface area contributed by atoms with Gasteiger partial charge in [-0.25, -0.2) is 0 Å². The van der Waals surface area contributed by atoms with Gasteiger partial charge >= 0.3 is 6.01 Å². The summed E-state index contributed by atoms with van der Waals surface area (Å²) >= 11 is 0. The average Bonchev–Trinajstić information content (AvgIpc) is 2.81. The first-order valence-electron chi connectivity index (χ1n) is 4.92. The maximum Gasteiger partial charge on any atom is 0.305 e. The van der Waals surface area contributed by atoms with Crippen LogP contribution in [0.15, 0.2) is 28.7 Å². The summed E-state index contributed by atoms with van der Waals surface area (Å²) in [5.41, 5.74) is 1.30. The summed E-state index contributed by atoms with van der Waals surface area (Å²) < 4.78 is 5.41. The van der Waals surface area contributed by atoms with E-state index in [1.807, 2.05) is 12.1 Å². The molecular formula is C11H8N2O3. The highest BCUT2D eigenvalue weighted by Gasteiger charge is 2.31. The lowest BCUT2D eigenvalue weighted by Crippen LogP contribution is -2.24. The van der Waals surface area contributed by atoms with E-state index < -0.39 is 0 Å². The molecule has 1 aromatic carbocycles. The normalized spacial score (nSPS) is 16.4. The van der Waals surface area contributed by atoms with Gasteiger partial charge in [-0.1, -0.05) is 12.1 Å². The molecule has 5 heteroatoms. The van der Waals surface area contributed by atoms with Gasteiger partial charge in [0.05, 0.1) is 13.0 Å². The van der Waals surface area contributed by atoms with Gasteiger partial charge in [-0.05, 0) is 12.1 Å². The Morgan fingerprint density at radius 1 is 1.25 bits per heavy atom. The average molecular weight is 216 g/mol. The van der Waals surface area contributed by atoms with Crippen molar-refractivity contribution in [2.45, 2.75) is 6.42 Å². The highest BCUT2D eigenvalue weighted by atomic mass is 16.4. The first-order chi connectivity index (χ1) is 7.74. The lowest BCUT2D eigenvalue weighted by Gasteiger charge is -2.07. The van der Waals surface area contributed by atoms with Crippen molar-refractivity contribution in [3.8, 4) is 0 Å². The lowest BCUT2D eigenvalue weighted by molar-refractivity contribution is -0.121. The number of anilines is 1. The number of fused-ring (bicyclic) bond motifs is 1. The van der Waals surface area contributed by atoms with Crippen LogP contribution in [0.25, 0.3) is 11.1 Å². The van der Waals surface area contributed by atoms with Crippen molar-refractivity contribution in [1.82, 2.24) is 4.98 Å². The number of hydrogen-bond donors (Lipinski definition) is 0. The Morgan fingerprint density at radius 3 is 2.75 bits per heavy atom. The van der Waals surface area contributed by atoms with E-state index in [1.54, 1.807) is 12.1 Å². The SMILES string of the molecule is O=C1CC(=O)N(c2nc3ccccc3o2)C1. The number of hydrogen-bond acceptors (Lipinski definition) is 4. The number of amides is 1. The first-order valence-corrected chi connectivity index (χ1v) is 4.92. The fraction of sp³-hybridized carbons (Fsp3) is 0.182. The van der Waals surface area contributed by atoms with Gasteiger partial charge < -0.3 is 4.42 Å². The van der Waals surface area contributed by atoms with Gasteiger partial charge in [0, 0.05) is 0 Å². The number of ketones is 1. The van der Waals surface area contributed by atoms with Crippen LogP contribution in [0.5, 0.6) is 0 Å². The van der Waals surface area contributed by atoms with E-state index in [2.05, 4.69) is 4.98 Å². The third-order valence-corrected chi connectivity index (χ3v) is 2.50. The van der Waals surface area contributed by atoms with Crippen LogP contribution in [-0.2, 0) is 9.59 Å². The van der Waals surface area contributed by atoms with Crippen LogP contribution in [0.1, 0.15) is 6.42 Å². The van der Waals surface area contributed by atoms with E-state index in [4.69, 9.17) is 4.42 Å². The second-order valence-electron chi connectivity index (χ2n) is 3.66. The maximum atomic E-state index is 11.5. The number of nitrogens with zero attached hydrogens (tertiary/aromatic N) is 2. The van der Waals surface area contributed by atoms with Crippen LogP contribution in [0, 0.1) is 0 Å². The minimum absolute atomic E-state index is 0.0568. The number of para-hydroxylation sites is 2. The van der Waals surface area contributed by atoms with Crippen LogP contribution >= 0.6 is 0 Å². The van der Waals surface area contributed by atoms with Crippen molar-refractivity contribution < 1.29 is 14.0 Å². The summed E-state index contributed by atoms with van der Waals surface area (Å²) in [6.07, 6.45) is -0.0568. The molecule has 0 bridgehead atoms. The topological polar surface area (TPSA) is 63.4 Å². The summed E-state index contributed by atoms with van der Waals surface area (Å²) in [7, 11) is 0. The van der Waals surface area contributed by atoms with Crippen LogP contribution in [0.4, 0.5) is 6.01 Å². The molecule has 0 unspecified atom stereocenters.